The molecule has 86 valence electrons. The molecule has 0 unspecified atom stereocenters. The predicted molar refractivity (Wildman–Crippen MR) is 67.0 cm³/mol. The van der Waals surface area contributed by atoms with E-state index in [9.17, 15) is 4.79 Å². The Labute approximate surface area is 99.8 Å². The van der Waals surface area contributed by atoms with Crippen molar-refractivity contribution >= 4 is 11.5 Å². The molecule has 0 aliphatic rings. The maximum Gasteiger partial charge on any atom is 0.222 e. The molecule has 0 amide bonds. The number of carbonyl (C=O) groups is 1. The van der Waals surface area contributed by atoms with Crippen molar-refractivity contribution in [3.63, 3.8) is 0 Å². The van der Waals surface area contributed by atoms with Crippen molar-refractivity contribution in [3.05, 3.63) is 66.3 Å². The molecule has 0 saturated carbocycles. The molecule has 0 radical (unpaired) electrons. The second-order valence-electron chi connectivity index (χ2n) is 3.69. The number of carbonyl (C=O) groups excluding carboxylic acids is 1. The minimum Gasteiger partial charge on any atom is -0.461 e. The lowest BCUT2D eigenvalue weighted by Gasteiger charge is -2.00. The lowest BCUT2D eigenvalue weighted by atomic mass is 10.2. The molecule has 0 bridgehead atoms. The first kappa shape index (κ1) is 11.2. The predicted octanol–water partition coefficient (Wildman–Crippen LogP) is 3.40. The van der Waals surface area contributed by atoms with Crippen molar-refractivity contribution in [2.75, 3.05) is 5.32 Å². The van der Waals surface area contributed by atoms with E-state index >= 15 is 0 Å². The average molecular weight is 227 g/mol. The van der Waals surface area contributed by atoms with Gasteiger partial charge < -0.3 is 9.73 Å². The van der Waals surface area contributed by atoms with E-state index < -0.39 is 0 Å². The summed E-state index contributed by atoms with van der Waals surface area (Å²) in [7, 11) is 0. The standard InChI is InChI=1S/C14H13NO2/c1-11-4-2-5-12(10-11)15-8-7-13(16)14-6-3-9-17-14/h2-10,15H,1H3/b8-7+. The summed E-state index contributed by atoms with van der Waals surface area (Å²) >= 11 is 0. The van der Waals surface area contributed by atoms with Crippen LogP contribution in [0.4, 0.5) is 5.69 Å². The number of hydrogen-bond donors (Lipinski definition) is 1. The molecule has 0 aliphatic carbocycles. The van der Waals surface area contributed by atoms with Gasteiger partial charge in [-0.15, -0.1) is 0 Å². The third-order valence-corrected chi connectivity index (χ3v) is 2.27. The summed E-state index contributed by atoms with van der Waals surface area (Å²) in [6.45, 7) is 2.02. The second kappa shape index (κ2) is 5.16. The van der Waals surface area contributed by atoms with Crippen LogP contribution in [0.2, 0.25) is 0 Å². The van der Waals surface area contributed by atoms with Gasteiger partial charge in [0.05, 0.1) is 6.26 Å². The molecule has 2 rings (SSSR count). The van der Waals surface area contributed by atoms with Crippen LogP contribution in [0.3, 0.4) is 0 Å². The summed E-state index contributed by atoms with van der Waals surface area (Å²) < 4.78 is 4.99. The van der Waals surface area contributed by atoms with Crippen LogP contribution in [-0.4, -0.2) is 5.78 Å². The number of furan rings is 1. The molecule has 0 saturated heterocycles. The minimum atomic E-state index is -0.157. The quantitative estimate of drug-likeness (QED) is 0.643. The molecule has 1 aromatic carbocycles. The third kappa shape index (κ3) is 3.08. The lowest BCUT2D eigenvalue weighted by Crippen LogP contribution is -1.94. The van der Waals surface area contributed by atoms with Gasteiger partial charge in [-0.3, -0.25) is 4.79 Å². The molecule has 1 N–H and O–H groups in total. The molecule has 1 heterocycles. The van der Waals surface area contributed by atoms with E-state index in [0.717, 1.165) is 5.69 Å². The largest absolute Gasteiger partial charge is 0.461 e. The Morgan fingerprint density at radius 1 is 1.29 bits per heavy atom. The van der Waals surface area contributed by atoms with E-state index in [4.69, 9.17) is 4.42 Å². The highest BCUT2D eigenvalue weighted by molar-refractivity contribution is 6.02. The molecule has 3 heteroatoms. The number of aryl methyl sites for hydroxylation is 1. The fourth-order valence-corrected chi connectivity index (χ4v) is 1.45. The van der Waals surface area contributed by atoms with Gasteiger partial charge >= 0.3 is 0 Å². The molecule has 3 nitrogen and oxygen atoms in total. The zero-order valence-electron chi connectivity index (χ0n) is 9.51. The average Bonchev–Trinajstić information content (AvgIpc) is 2.82. The second-order valence-corrected chi connectivity index (χ2v) is 3.69. The molecule has 17 heavy (non-hydrogen) atoms. The summed E-state index contributed by atoms with van der Waals surface area (Å²) in [5.74, 6) is 0.183. The van der Waals surface area contributed by atoms with E-state index in [0.29, 0.717) is 5.76 Å². The molecule has 0 fully saturated rings. The zero-order valence-corrected chi connectivity index (χ0v) is 9.51. The minimum absolute atomic E-state index is 0.157. The van der Waals surface area contributed by atoms with E-state index in [1.807, 2.05) is 31.2 Å². The van der Waals surface area contributed by atoms with Gasteiger partial charge in [0, 0.05) is 18.0 Å². The van der Waals surface area contributed by atoms with Crippen molar-refractivity contribution in [2.24, 2.45) is 0 Å². The van der Waals surface area contributed by atoms with E-state index in [2.05, 4.69) is 5.32 Å². The third-order valence-electron chi connectivity index (χ3n) is 2.27. The van der Waals surface area contributed by atoms with Crippen molar-refractivity contribution in [3.8, 4) is 0 Å². The van der Waals surface area contributed by atoms with Gasteiger partial charge in [-0.1, -0.05) is 12.1 Å². The van der Waals surface area contributed by atoms with Crippen LogP contribution in [0.1, 0.15) is 16.1 Å². The summed E-state index contributed by atoms with van der Waals surface area (Å²) in [6.07, 6.45) is 4.54. The molecular formula is C14H13NO2. The van der Waals surface area contributed by atoms with Crippen molar-refractivity contribution in [1.82, 2.24) is 0 Å². The number of allylic oxidation sites excluding steroid dienone is 1. The Kier molecular flexibility index (Phi) is 3.40. The first-order chi connectivity index (χ1) is 8.25. The SMILES string of the molecule is Cc1cccc(N/C=C/C(=O)c2ccco2)c1. The maximum atomic E-state index is 11.5. The fourth-order valence-electron chi connectivity index (χ4n) is 1.45. The van der Waals surface area contributed by atoms with Crippen molar-refractivity contribution < 1.29 is 9.21 Å². The van der Waals surface area contributed by atoms with Gasteiger partial charge in [0.2, 0.25) is 5.78 Å². The summed E-state index contributed by atoms with van der Waals surface area (Å²) in [4.78, 5) is 11.5. The Morgan fingerprint density at radius 3 is 2.88 bits per heavy atom. The van der Waals surface area contributed by atoms with Crippen LogP contribution in [0, 0.1) is 6.92 Å². The summed E-state index contributed by atoms with van der Waals surface area (Å²) in [5.41, 5.74) is 2.12. The molecule has 0 aliphatic heterocycles. The van der Waals surface area contributed by atoms with Crippen molar-refractivity contribution in [1.29, 1.82) is 0 Å². The van der Waals surface area contributed by atoms with E-state index in [-0.39, 0.29) is 5.78 Å². The van der Waals surface area contributed by atoms with Gasteiger partial charge in [0.1, 0.15) is 0 Å². The Bertz CT molecular complexity index is 527. The lowest BCUT2D eigenvalue weighted by molar-refractivity contribution is 0.102. The highest BCUT2D eigenvalue weighted by Crippen LogP contribution is 2.09. The van der Waals surface area contributed by atoms with Gasteiger partial charge in [-0.2, -0.15) is 0 Å². The van der Waals surface area contributed by atoms with Crippen LogP contribution in [0.15, 0.2) is 59.4 Å². The highest BCUT2D eigenvalue weighted by atomic mass is 16.3. The first-order valence-corrected chi connectivity index (χ1v) is 5.33. The normalized spacial score (nSPS) is 10.6. The van der Waals surface area contributed by atoms with Gasteiger partial charge in [0.15, 0.2) is 5.76 Å². The summed E-state index contributed by atoms with van der Waals surface area (Å²) in [6, 6.07) is 11.2. The maximum absolute atomic E-state index is 11.5. The number of rotatable bonds is 4. The molecule has 1 aromatic heterocycles. The smallest absolute Gasteiger partial charge is 0.222 e. The number of anilines is 1. The molecule has 0 spiro atoms. The van der Waals surface area contributed by atoms with Gasteiger partial charge in [-0.05, 0) is 36.8 Å². The number of hydrogen-bond acceptors (Lipinski definition) is 3. The van der Waals surface area contributed by atoms with Gasteiger partial charge in [0.25, 0.3) is 0 Å². The Morgan fingerprint density at radius 2 is 2.18 bits per heavy atom. The fraction of sp³-hybridized carbons (Fsp3) is 0.0714. The first-order valence-electron chi connectivity index (χ1n) is 5.33. The molecule has 2 aromatic rings. The highest BCUT2D eigenvalue weighted by Gasteiger charge is 2.02. The van der Waals surface area contributed by atoms with Gasteiger partial charge in [-0.25, -0.2) is 0 Å². The number of ketones is 1. The summed E-state index contributed by atoms with van der Waals surface area (Å²) in [5, 5.41) is 3.04. The van der Waals surface area contributed by atoms with Crippen LogP contribution in [-0.2, 0) is 0 Å². The Hall–Kier alpha value is -2.29. The van der Waals surface area contributed by atoms with Crippen LogP contribution >= 0.6 is 0 Å². The van der Waals surface area contributed by atoms with Crippen LogP contribution in [0.25, 0.3) is 0 Å². The van der Waals surface area contributed by atoms with E-state index in [1.165, 1.54) is 17.9 Å². The number of nitrogens with one attached hydrogen (secondary N) is 1. The Balaban J connectivity index is 1.96. The molecular weight excluding hydrogens is 214 g/mol. The van der Waals surface area contributed by atoms with Crippen molar-refractivity contribution in [2.45, 2.75) is 6.92 Å². The van der Waals surface area contributed by atoms with Crippen LogP contribution < -0.4 is 5.32 Å². The monoisotopic (exact) mass is 227 g/mol. The topological polar surface area (TPSA) is 42.2 Å². The zero-order chi connectivity index (χ0) is 12.1. The van der Waals surface area contributed by atoms with E-state index in [1.54, 1.807) is 18.3 Å². The number of benzene rings is 1. The molecule has 0 atom stereocenters. The van der Waals surface area contributed by atoms with Crippen LogP contribution in [0.5, 0.6) is 0 Å².